The van der Waals surface area contributed by atoms with E-state index in [1.165, 1.54) is 69.6 Å². The minimum absolute atomic E-state index is 0.630. The molecule has 0 radical (unpaired) electrons. The van der Waals surface area contributed by atoms with Crippen LogP contribution in [0.15, 0.2) is 212 Å². The van der Waals surface area contributed by atoms with Crippen molar-refractivity contribution in [1.82, 2.24) is 24.1 Å². The van der Waals surface area contributed by atoms with Crippen LogP contribution in [-0.4, -0.2) is 24.1 Å². The van der Waals surface area contributed by atoms with E-state index in [0.717, 1.165) is 33.4 Å². The Balaban J connectivity index is 0.974. The highest BCUT2D eigenvalue weighted by Crippen LogP contribution is 2.46. The average molecular weight is 822 g/mol. The van der Waals surface area contributed by atoms with Crippen LogP contribution >= 0.6 is 11.3 Å². The summed E-state index contributed by atoms with van der Waals surface area (Å²) in [4.78, 5) is 15.0. The number of para-hydroxylation sites is 3. The molecule has 5 nitrogen and oxygen atoms in total. The molecule has 0 saturated heterocycles. The second-order valence-corrected chi connectivity index (χ2v) is 17.0. The Labute approximate surface area is 366 Å². The van der Waals surface area contributed by atoms with E-state index in [0.29, 0.717) is 17.5 Å². The highest BCUT2D eigenvalue weighted by Gasteiger charge is 2.21. The first-order valence-corrected chi connectivity index (χ1v) is 22.0. The maximum Gasteiger partial charge on any atom is 0.164 e. The molecule has 13 rings (SSSR count). The maximum absolute atomic E-state index is 5.05. The summed E-state index contributed by atoms with van der Waals surface area (Å²) >= 11 is 1.90. The lowest BCUT2D eigenvalue weighted by Gasteiger charge is -2.12. The summed E-state index contributed by atoms with van der Waals surface area (Å²) in [7, 11) is 0. The molecule has 294 valence electrons. The minimum Gasteiger partial charge on any atom is -0.309 e. The molecule has 0 bridgehead atoms. The third-order valence-electron chi connectivity index (χ3n) is 12.4. The number of benzene rings is 9. The fourth-order valence-electron chi connectivity index (χ4n) is 9.52. The smallest absolute Gasteiger partial charge is 0.164 e. The largest absolute Gasteiger partial charge is 0.309 e. The molecule has 0 aliphatic heterocycles. The van der Waals surface area contributed by atoms with Gasteiger partial charge in [-0.2, -0.15) is 0 Å². The molecular weight excluding hydrogens is 787 g/mol. The van der Waals surface area contributed by atoms with Crippen molar-refractivity contribution in [3.8, 4) is 56.7 Å². The molecule has 9 aromatic carbocycles. The second-order valence-electron chi connectivity index (χ2n) is 16.0. The topological polar surface area (TPSA) is 48.5 Å². The first kappa shape index (κ1) is 35.6. The van der Waals surface area contributed by atoms with Gasteiger partial charge in [0.25, 0.3) is 0 Å². The molecule has 0 aliphatic rings. The zero-order chi connectivity index (χ0) is 41.4. The number of aromatic nitrogens is 5. The van der Waals surface area contributed by atoms with Gasteiger partial charge in [0.2, 0.25) is 0 Å². The number of rotatable bonds is 6. The van der Waals surface area contributed by atoms with E-state index >= 15 is 0 Å². The van der Waals surface area contributed by atoms with Gasteiger partial charge in [0.15, 0.2) is 17.5 Å². The highest BCUT2D eigenvalue weighted by atomic mass is 32.1. The van der Waals surface area contributed by atoms with Gasteiger partial charge < -0.3 is 9.13 Å². The molecule has 6 heteroatoms. The zero-order valence-electron chi connectivity index (χ0n) is 33.9. The highest BCUT2D eigenvalue weighted by molar-refractivity contribution is 7.27. The van der Waals surface area contributed by atoms with Crippen LogP contribution in [0.5, 0.6) is 0 Å². The van der Waals surface area contributed by atoms with Gasteiger partial charge in [-0.15, -0.1) is 11.3 Å². The van der Waals surface area contributed by atoms with Crippen LogP contribution in [0.4, 0.5) is 0 Å². The van der Waals surface area contributed by atoms with Crippen LogP contribution in [0.3, 0.4) is 0 Å². The van der Waals surface area contributed by atoms with Crippen LogP contribution in [0.2, 0.25) is 0 Å². The van der Waals surface area contributed by atoms with Crippen molar-refractivity contribution >= 4 is 75.1 Å². The lowest BCUT2D eigenvalue weighted by Crippen LogP contribution is -2.01. The van der Waals surface area contributed by atoms with Crippen LogP contribution in [0.25, 0.3) is 120 Å². The number of nitrogens with zero attached hydrogens (tertiary/aromatic N) is 5. The molecule has 4 heterocycles. The molecule has 0 unspecified atom stereocenters. The van der Waals surface area contributed by atoms with Crippen LogP contribution < -0.4 is 0 Å². The molecule has 13 aromatic rings. The molecule has 0 fully saturated rings. The molecule has 0 N–H and O–H groups in total. The van der Waals surface area contributed by atoms with Crippen molar-refractivity contribution in [2.24, 2.45) is 0 Å². The summed E-state index contributed by atoms with van der Waals surface area (Å²) in [6, 6.07) is 75.5. The number of thiophene rings is 1. The van der Waals surface area contributed by atoms with Gasteiger partial charge in [0.05, 0.1) is 26.8 Å². The SMILES string of the molecule is c1ccc(-c2nc(-c3ccccc3)nc(-c3cccc(-n4c5ccccc5c5cc(-c6cccc7c6sc6c7ccc7c8ccccc8n(-c8ccccc8)c76)ccc54)c3)n2)cc1. The monoisotopic (exact) mass is 821 g/mol. The van der Waals surface area contributed by atoms with Crippen LogP contribution in [-0.2, 0) is 0 Å². The fourth-order valence-corrected chi connectivity index (χ4v) is 10.9. The van der Waals surface area contributed by atoms with E-state index in [1.54, 1.807) is 0 Å². The summed E-state index contributed by atoms with van der Waals surface area (Å²) in [6.45, 7) is 0. The molecule has 0 spiro atoms. The lowest BCUT2D eigenvalue weighted by molar-refractivity contribution is 1.07. The first-order chi connectivity index (χ1) is 31.2. The molecule has 0 amide bonds. The maximum atomic E-state index is 5.05. The predicted octanol–water partition coefficient (Wildman–Crippen LogP) is 15.1. The Kier molecular flexibility index (Phi) is 8.01. The summed E-state index contributed by atoms with van der Waals surface area (Å²) in [5.74, 6) is 1.92. The van der Waals surface area contributed by atoms with Crippen molar-refractivity contribution in [3.63, 3.8) is 0 Å². The Morgan fingerprint density at radius 3 is 1.52 bits per heavy atom. The molecule has 4 aromatic heterocycles. The summed E-state index contributed by atoms with van der Waals surface area (Å²) in [5.41, 5.74) is 12.2. The Morgan fingerprint density at radius 1 is 0.302 bits per heavy atom. The average Bonchev–Trinajstić information content (AvgIpc) is 4.02. The summed E-state index contributed by atoms with van der Waals surface area (Å²) in [5, 5.41) is 7.52. The van der Waals surface area contributed by atoms with Gasteiger partial charge in [-0.1, -0.05) is 164 Å². The van der Waals surface area contributed by atoms with Crippen molar-refractivity contribution < 1.29 is 0 Å². The Hall–Kier alpha value is -8.19. The number of hydrogen-bond donors (Lipinski definition) is 0. The predicted molar refractivity (Wildman–Crippen MR) is 263 cm³/mol. The molecule has 0 atom stereocenters. The van der Waals surface area contributed by atoms with E-state index in [4.69, 9.17) is 15.0 Å². The molecule has 63 heavy (non-hydrogen) atoms. The minimum atomic E-state index is 0.630. The van der Waals surface area contributed by atoms with E-state index in [-0.39, 0.29) is 0 Å². The van der Waals surface area contributed by atoms with Crippen molar-refractivity contribution in [3.05, 3.63) is 212 Å². The fraction of sp³-hybridized carbons (Fsp3) is 0. The van der Waals surface area contributed by atoms with Gasteiger partial charge in [-0.3, -0.25) is 0 Å². The van der Waals surface area contributed by atoms with Gasteiger partial charge in [0, 0.05) is 65.1 Å². The van der Waals surface area contributed by atoms with Gasteiger partial charge >= 0.3 is 0 Å². The Bertz CT molecular complexity index is 3850. The first-order valence-electron chi connectivity index (χ1n) is 21.2. The van der Waals surface area contributed by atoms with E-state index < -0.39 is 0 Å². The Morgan fingerprint density at radius 2 is 0.810 bits per heavy atom. The van der Waals surface area contributed by atoms with Crippen LogP contribution in [0, 0.1) is 0 Å². The molecular formula is C57H35N5S. The summed E-state index contributed by atoms with van der Waals surface area (Å²) < 4.78 is 7.41. The second kappa shape index (κ2) is 14.2. The van der Waals surface area contributed by atoms with E-state index in [2.05, 4.69) is 161 Å². The van der Waals surface area contributed by atoms with Crippen molar-refractivity contribution in [2.45, 2.75) is 0 Å². The zero-order valence-corrected chi connectivity index (χ0v) is 34.7. The quantitative estimate of drug-likeness (QED) is 0.168. The van der Waals surface area contributed by atoms with E-state index in [1.807, 2.05) is 72.0 Å². The molecule has 0 saturated carbocycles. The normalized spacial score (nSPS) is 11.8. The molecule has 0 aliphatic carbocycles. The summed E-state index contributed by atoms with van der Waals surface area (Å²) in [6.07, 6.45) is 0. The number of hydrogen-bond acceptors (Lipinski definition) is 4. The third kappa shape index (κ3) is 5.66. The lowest BCUT2D eigenvalue weighted by atomic mass is 10.0. The van der Waals surface area contributed by atoms with Gasteiger partial charge in [0.1, 0.15) is 0 Å². The standard InChI is InChI=1S/C57H35N5S/c1-4-16-36(17-5-1)55-58-56(37-18-6-2-7-19-37)60-57(59-55)39-20-14-23-41(34-39)61-49-28-12-11-25-44(49)48-35-38(30-33-51(48)61)42-26-15-27-46-47-32-31-45-43-24-10-13-29-50(43)62(40-21-8-3-9-22-40)52(45)54(47)63-53(42)46/h1-35H. The van der Waals surface area contributed by atoms with Crippen molar-refractivity contribution in [1.29, 1.82) is 0 Å². The van der Waals surface area contributed by atoms with Gasteiger partial charge in [-0.05, 0) is 59.7 Å². The van der Waals surface area contributed by atoms with E-state index in [9.17, 15) is 0 Å². The third-order valence-corrected chi connectivity index (χ3v) is 13.6. The van der Waals surface area contributed by atoms with Crippen molar-refractivity contribution in [2.75, 3.05) is 0 Å². The number of fused-ring (bicyclic) bond motifs is 10. The van der Waals surface area contributed by atoms with Crippen LogP contribution in [0.1, 0.15) is 0 Å². The van der Waals surface area contributed by atoms with Gasteiger partial charge in [-0.25, -0.2) is 15.0 Å².